The number of carbonyl (C=O) groups is 5. The lowest BCUT2D eigenvalue weighted by molar-refractivity contribution is -0.163. The van der Waals surface area contributed by atoms with E-state index in [0.717, 1.165) is 30.4 Å². The van der Waals surface area contributed by atoms with Crippen LogP contribution in [0.3, 0.4) is 0 Å². The van der Waals surface area contributed by atoms with Gasteiger partial charge in [0.25, 0.3) is 0 Å². The Bertz CT molecular complexity index is 841. The number of aliphatic hydroxyl groups is 1. The topological polar surface area (TPSA) is 161 Å². The predicted molar refractivity (Wildman–Crippen MR) is 133 cm³/mol. The van der Waals surface area contributed by atoms with Gasteiger partial charge < -0.3 is 33.5 Å². The maximum atomic E-state index is 11.8. The van der Waals surface area contributed by atoms with Gasteiger partial charge in [0.05, 0.1) is 37.3 Å². The van der Waals surface area contributed by atoms with Crippen molar-refractivity contribution in [1.29, 1.82) is 0 Å². The Morgan fingerprint density at radius 2 is 0.842 bits per heavy atom. The summed E-state index contributed by atoms with van der Waals surface area (Å²) in [6.07, 6.45) is 4.63. The molecule has 0 aromatic rings. The van der Waals surface area contributed by atoms with E-state index in [-0.39, 0.29) is 39.5 Å². The van der Waals surface area contributed by atoms with E-state index in [1.165, 1.54) is 0 Å². The molecule has 0 fully saturated rings. The van der Waals surface area contributed by atoms with Crippen molar-refractivity contribution in [2.45, 2.75) is 6.42 Å². The van der Waals surface area contributed by atoms with Crippen molar-refractivity contribution < 1.29 is 57.5 Å². The minimum Gasteiger partial charge on any atom is -0.463 e. The summed E-state index contributed by atoms with van der Waals surface area (Å²) >= 11 is 0. The van der Waals surface area contributed by atoms with Crippen LogP contribution in [0.1, 0.15) is 6.42 Å². The van der Waals surface area contributed by atoms with E-state index in [0.29, 0.717) is 0 Å². The third-order valence-corrected chi connectivity index (χ3v) is 4.94. The Balaban J connectivity index is 5.92. The van der Waals surface area contributed by atoms with Gasteiger partial charge in [-0.25, -0.2) is 24.0 Å². The Morgan fingerprint density at radius 1 is 0.526 bits per heavy atom. The first kappa shape index (κ1) is 34.0. The molecule has 1 N–H and O–H groups in total. The van der Waals surface area contributed by atoms with Crippen LogP contribution in [0.4, 0.5) is 0 Å². The molecule has 0 aliphatic rings. The van der Waals surface area contributed by atoms with Crippen molar-refractivity contribution >= 4 is 29.8 Å². The second-order valence-electron chi connectivity index (χ2n) is 8.02. The Hall–Kier alpha value is -4.03. The summed E-state index contributed by atoms with van der Waals surface area (Å²) < 4.78 is 31.3. The van der Waals surface area contributed by atoms with E-state index in [2.05, 4.69) is 32.9 Å². The fourth-order valence-electron chi connectivity index (χ4n) is 2.65. The molecule has 0 heterocycles. The molecule has 0 aliphatic heterocycles. The SMILES string of the molecule is C=CC(=O)OCCC(COCC(CO)(COC(=O)C=C)COC(=O)C=C)(COC(=O)C=C)COC(=O)C=C. The maximum absolute atomic E-state index is 11.8. The number of esters is 5. The highest BCUT2D eigenvalue weighted by molar-refractivity contribution is 5.82. The molecular weight excluding hydrogens is 504 g/mol. The second-order valence-corrected chi connectivity index (χ2v) is 8.02. The first-order valence-corrected chi connectivity index (χ1v) is 11.2. The Kier molecular flexibility index (Phi) is 16.3. The minimum absolute atomic E-state index is 0.00947. The monoisotopic (exact) mass is 538 g/mol. The molecule has 0 bridgehead atoms. The van der Waals surface area contributed by atoms with E-state index in [4.69, 9.17) is 28.4 Å². The van der Waals surface area contributed by atoms with Crippen LogP contribution in [-0.4, -0.2) is 87.8 Å². The van der Waals surface area contributed by atoms with E-state index in [1.807, 2.05) is 0 Å². The highest BCUT2D eigenvalue weighted by Crippen LogP contribution is 2.27. The molecule has 0 rings (SSSR count). The standard InChI is InChI=1S/C26H34O12/c1-6-20(28)34-12-11-25(16-35-21(29)7-2,17-36-22(30)8-3)14-33-15-26(13-27,18-37-23(31)9-4)19-38-24(32)10-5/h6-10,27H,1-5,11-19H2. The average Bonchev–Trinajstić information content (AvgIpc) is 2.94. The van der Waals surface area contributed by atoms with Crippen LogP contribution in [0.5, 0.6) is 0 Å². The molecule has 0 atom stereocenters. The van der Waals surface area contributed by atoms with Gasteiger partial charge in [-0.3, -0.25) is 0 Å². The number of carbonyl (C=O) groups excluding carboxylic acids is 5. The molecule has 210 valence electrons. The lowest BCUT2D eigenvalue weighted by Gasteiger charge is -2.35. The van der Waals surface area contributed by atoms with Crippen molar-refractivity contribution in [1.82, 2.24) is 0 Å². The molecule has 0 amide bonds. The normalized spacial score (nSPS) is 10.8. The number of hydrogen-bond acceptors (Lipinski definition) is 12. The summed E-state index contributed by atoms with van der Waals surface area (Å²) in [5, 5.41) is 10.1. The molecule has 0 saturated carbocycles. The van der Waals surface area contributed by atoms with Gasteiger partial charge in [0, 0.05) is 30.4 Å². The summed E-state index contributed by atoms with van der Waals surface area (Å²) in [6.45, 7) is 13.6. The van der Waals surface area contributed by atoms with Crippen LogP contribution in [0.2, 0.25) is 0 Å². The molecule has 38 heavy (non-hydrogen) atoms. The molecule has 0 aromatic heterocycles. The van der Waals surface area contributed by atoms with Gasteiger partial charge in [0.2, 0.25) is 0 Å². The smallest absolute Gasteiger partial charge is 0.330 e. The van der Waals surface area contributed by atoms with E-state index >= 15 is 0 Å². The van der Waals surface area contributed by atoms with Crippen molar-refractivity contribution in [2.24, 2.45) is 10.8 Å². The highest BCUT2D eigenvalue weighted by atomic mass is 16.6. The van der Waals surface area contributed by atoms with Crippen molar-refractivity contribution in [3.05, 3.63) is 63.3 Å². The number of ether oxygens (including phenoxy) is 6. The summed E-state index contributed by atoms with van der Waals surface area (Å²) in [5.41, 5.74) is -2.66. The zero-order valence-electron chi connectivity index (χ0n) is 21.2. The average molecular weight is 539 g/mol. The Labute approximate surface area is 221 Å². The van der Waals surface area contributed by atoms with Gasteiger partial charge >= 0.3 is 29.8 Å². The van der Waals surface area contributed by atoms with E-state index in [9.17, 15) is 29.1 Å². The third kappa shape index (κ3) is 13.3. The van der Waals surface area contributed by atoms with Gasteiger partial charge in [-0.1, -0.05) is 32.9 Å². The lowest BCUT2D eigenvalue weighted by atomic mass is 9.86. The molecule has 0 spiro atoms. The van der Waals surface area contributed by atoms with Crippen LogP contribution >= 0.6 is 0 Å². The number of rotatable bonds is 21. The minimum atomic E-state index is -1.41. The molecule has 0 aromatic carbocycles. The summed E-state index contributed by atoms with van der Waals surface area (Å²) in [5.74, 6) is -3.83. The first-order valence-electron chi connectivity index (χ1n) is 11.2. The summed E-state index contributed by atoms with van der Waals surface area (Å²) in [6, 6.07) is 0. The van der Waals surface area contributed by atoms with Gasteiger partial charge in [0.1, 0.15) is 26.4 Å². The molecule has 12 nitrogen and oxygen atoms in total. The first-order chi connectivity index (χ1) is 18.0. The van der Waals surface area contributed by atoms with Gasteiger partial charge in [-0.15, -0.1) is 0 Å². The Morgan fingerprint density at radius 3 is 1.18 bits per heavy atom. The van der Waals surface area contributed by atoms with Crippen LogP contribution < -0.4 is 0 Å². The quantitative estimate of drug-likeness (QED) is 0.126. The van der Waals surface area contributed by atoms with E-state index < -0.39 is 60.5 Å². The van der Waals surface area contributed by atoms with Crippen LogP contribution in [-0.2, 0) is 52.4 Å². The van der Waals surface area contributed by atoms with Gasteiger partial charge in [0.15, 0.2) is 0 Å². The highest BCUT2D eigenvalue weighted by Gasteiger charge is 2.38. The fraction of sp³-hybridized carbons (Fsp3) is 0.423. The maximum Gasteiger partial charge on any atom is 0.330 e. The van der Waals surface area contributed by atoms with E-state index in [1.54, 1.807) is 0 Å². The number of aliphatic hydroxyl groups excluding tert-OH is 1. The molecule has 0 aliphatic carbocycles. The third-order valence-electron chi connectivity index (χ3n) is 4.94. The molecule has 12 heteroatoms. The predicted octanol–water partition coefficient (Wildman–Crippen LogP) is 1.00. The number of hydrogen-bond donors (Lipinski definition) is 1. The zero-order chi connectivity index (χ0) is 29.0. The summed E-state index contributed by atoms with van der Waals surface area (Å²) in [4.78, 5) is 58.3. The van der Waals surface area contributed by atoms with Crippen molar-refractivity contribution in [3.8, 4) is 0 Å². The zero-order valence-corrected chi connectivity index (χ0v) is 21.2. The second kappa shape index (κ2) is 18.3. The van der Waals surface area contributed by atoms with Crippen LogP contribution in [0.25, 0.3) is 0 Å². The van der Waals surface area contributed by atoms with Crippen molar-refractivity contribution in [2.75, 3.05) is 52.9 Å². The fourth-order valence-corrected chi connectivity index (χ4v) is 2.65. The van der Waals surface area contributed by atoms with Crippen molar-refractivity contribution in [3.63, 3.8) is 0 Å². The molecular formula is C26H34O12. The molecule has 0 unspecified atom stereocenters. The molecule has 0 saturated heterocycles. The van der Waals surface area contributed by atoms with Crippen LogP contribution in [0, 0.1) is 10.8 Å². The van der Waals surface area contributed by atoms with Gasteiger partial charge in [-0.05, 0) is 6.42 Å². The lowest BCUT2D eigenvalue weighted by Crippen LogP contribution is -2.45. The van der Waals surface area contributed by atoms with Crippen LogP contribution in [0.15, 0.2) is 63.3 Å². The summed E-state index contributed by atoms with van der Waals surface area (Å²) in [7, 11) is 0. The van der Waals surface area contributed by atoms with Gasteiger partial charge in [-0.2, -0.15) is 0 Å². The molecule has 0 radical (unpaired) electrons. The largest absolute Gasteiger partial charge is 0.463 e.